The predicted molar refractivity (Wildman–Crippen MR) is 79.1 cm³/mol. The minimum Gasteiger partial charge on any atom is -0.493 e. The van der Waals surface area contributed by atoms with Gasteiger partial charge in [-0.1, -0.05) is 0 Å². The maximum absolute atomic E-state index is 11.6. The average molecular weight is 286 g/mol. The first-order chi connectivity index (χ1) is 10.1. The maximum Gasteiger partial charge on any atom is 0.261 e. The zero-order valence-corrected chi connectivity index (χ0v) is 12.4. The Morgan fingerprint density at radius 2 is 2.38 bits per heavy atom. The minimum absolute atomic E-state index is 0.0319. The molecule has 1 heterocycles. The molecule has 1 aromatic rings. The van der Waals surface area contributed by atoms with Crippen LogP contribution in [0.15, 0.2) is 17.7 Å². The number of benzene rings is 1. The number of rotatable bonds is 4. The first-order valence-corrected chi connectivity index (χ1v) is 6.89. The monoisotopic (exact) mass is 286 g/mol. The molecule has 1 aromatic carbocycles. The summed E-state index contributed by atoms with van der Waals surface area (Å²) < 4.78 is 11.3. The molecule has 5 heteroatoms. The molecule has 0 aromatic heterocycles. The summed E-state index contributed by atoms with van der Waals surface area (Å²) in [5.41, 5.74) is 1.79. The Labute approximate surface area is 124 Å². The van der Waals surface area contributed by atoms with Crippen molar-refractivity contribution in [3.63, 3.8) is 0 Å². The van der Waals surface area contributed by atoms with Gasteiger partial charge in [0.15, 0.2) is 0 Å². The fourth-order valence-electron chi connectivity index (χ4n) is 2.29. The second kappa shape index (κ2) is 6.31. The number of carbonyl (C=O) groups is 1. The maximum atomic E-state index is 11.6. The van der Waals surface area contributed by atoms with Gasteiger partial charge in [-0.15, -0.1) is 0 Å². The van der Waals surface area contributed by atoms with E-state index in [-0.39, 0.29) is 11.7 Å². The molecule has 0 aliphatic carbocycles. The number of hydrogen-bond acceptors (Lipinski definition) is 4. The summed E-state index contributed by atoms with van der Waals surface area (Å²) in [5, 5.41) is 11.5. The lowest BCUT2D eigenvalue weighted by molar-refractivity contribution is -0.116. The molecule has 0 saturated heterocycles. The van der Waals surface area contributed by atoms with Crippen LogP contribution in [0, 0.1) is 11.3 Å². The van der Waals surface area contributed by atoms with Crippen LogP contribution < -0.4 is 14.8 Å². The van der Waals surface area contributed by atoms with Gasteiger partial charge in [0.05, 0.1) is 6.61 Å². The molecule has 1 unspecified atom stereocenters. The number of nitrogens with one attached hydrogen (secondary N) is 1. The standard InChI is InChI=1S/C16H18N2O3/c1-4-20-14-7-11-5-10(2)21-15(11)8-12(14)6-13(9-17)16(19)18-3/h6-8,10H,4-5H2,1-3H3,(H,18,19). The number of nitrogens with zero attached hydrogens (tertiary/aromatic N) is 1. The predicted octanol–water partition coefficient (Wildman–Crippen LogP) is 2.06. The lowest BCUT2D eigenvalue weighted by atomic mass is 10.0. The molecule has 1 atom stereocenters. The van der Waals surface area contributed by atoms with Crippen LogP contribution in [0.1, 0.15) is 25.0 Å². The van der Waals surface area contributed by atoms with E-state index in [1.54, 1.807) is 0 Å². The molecule has 0 saturated carbocycles. The molecule has 5 nitrogen and oxygen atoms in total. The number of nitriles is 1. The van der Waals surface area contributed by atoms with Gasteiger partial charge < -0.3 is 14.8 Å². The van der Waals surface area contributed by atoms with Gasteiger partial charge in [0, 0.05) is 24.6 Å². The molecular weight excluding hydrogens is 268 g/mol. The van der Waals surface area contributed by atoms with Crippen LogP contribution >= 0.6 is 0 Å². The Balaban J connectivity index is 2.47. The number of ether oxygens (including phenoxy) is 2. The normalized spacial score (nSPS) is 16.7. The highest BCUT2D eigenvalue weighted by Gasteiger charge is 2.22. The topological polar surface area (TPSA) is 71.3 Å². The van der Waals surface area contributed by atoms with Crippen molar-refractivity contribution in [3.8, 4) is 17.6 Å². The molecule has 1 aliphatic heterocycles. The van der Waals surface area contributed by atoms with Crippen LogP contribution in [-0.2, 0) is 11.2 Å². The highest BCUT2D eigenvalue weighted by Crippen LogP contribution is 2.36. The van der Waals surface area contributed by atoms with E-state index in [4.69, 9.17) is 14.7 Å². The molecule has 0 fully saturated rings. The Morgan fingerprint density at radius 1 is 1.62 bits per heavy atom. The van der Waals surface area contributed by atoms with E-state index in [0.717, 1.165) is 17.7 Å². The quantitative estimate of drug-likeness (QED) is 0.679. The van der Waals surface area contributed by atoms with E-state index in [9.17, 15) is 4.79 Å². The zero-order chi connectivity index (χ0) is 15.4. The number of likely N-dealkylation sites (N-methyl/N-ethyl adjacent to an activating group) is 1. The first kappa shape index (κ1) is 14.9. The van der Waals surface area contributed by atoms with E-state index in [1.165, 1.54) is 13.1 Å². The highest BCUT2D eigenvalue weighted by molar-refractivity contribution is 6.01. The van der Waals surface area contributed by atoms with Gasteiger partial charge in [-0.05, 0) is 32.1 Å². The highest BCUT2D eigenvalue weighted by atomic mass is 16.5. The molecule has 0 spiro atoms. The lowest BCUT2D eigenvalue weighted by Crippen LogP contribution is -2.19. The van der Waals surface area contributed by atoms with Crippen LogP contribution in [0.2, 0.25) is 0 Å². The lowest BCUT2D eigenvalue weighted by Gasteiger charge is -2.10. The third-order valence-electron chi connectivity index (χ3n) is 3.22. The van der Waals surface area contributed by atoms with Gasteiger partial charge in [0.1, 0.15) is 29.2 Å². The molecule has 1 amide bonds. The first-order valence-electron chi connectivity index (χ1n) is 6.89. The largest absolute Gasteiger partial charge is 0.493 e. The van der Waals surface area contributed by atoms with Crippen LogP contribution in [0.5, 0.6) is 11.5 Å². The van der Waals surface area contributed by atoms with Gasteiger partial charge in [-0.2, -0.15) is 5.26 Å². The van der Waals surface area contributed by atoms with Crippen molar-refractivity contribution in [1.82, 2.24) is 5.32 Å². The smallest absolute Gasteiger partial charge is 0.261 e. The summed E-state index contributed by atoms with van der Waals surface area (Å²) >= 11 is 0. The summed E-state index contributed by atoms with van der Waals surface area (Å²) in [6, 6.07) is 5.65. The van der Waals surface area contributed by atoms with Gasteiger partial charge in [-0.3, -0.25) is 4.79 Å². The third kappa shape index (κ3) is 3.16. The Morgan fingerprint density at radius 3 is 3.00 bits per heavy atom. The van der Waals surface area contributed by atoms with Gasteiger partial charge in [0.2, 0.25) is 0 Å². The number of hydrogen-bond donors (Lipinski definition) is 1. The van der Waals surface area contributed by atoms with E-state index < -0.39 is 5.91 Å². The number of amides is 1. The summed E-state index contributed by atoms with van der Waals surface area (Å²) in [4.78, 5) is 11.6. The fourth-order valence-corrected chi connectivity index (χ4v) is 2.29. The molecule has 1 aliphatic rings. The van der Waals surface area contributed by atoms with Crippen molar-refractivity contribution in [2.45, 2.75) is 26.4 Å². The van der Waals surface area contributed by atoms with Crippen LogP contribution in [0.3, 0.4) is 0 Å². The molecular formula is C16H18N2O3. The van der Waals surface area contributed by atoms with Gasteiger partial charge in [0.25, 0.3) is 5.91 Å². The van der Waals surface area contributed by atoms with Crippen molar-refractivity contribution < 1.29 is 14.3 Å². The summed E-state index contributed by atoms with van der Waals surface area (Å²) in [7, 11) is 1.49. The second-order valence-electron chi connectivity index (χ2n) is 4.81. The SMILES string of the molecule is CCOc1cc2c(cc1C=C(C#N)C(=O)NC)OC(C)C2. The van der Waals surface area contributed by atoms with E-state index >= 15 is 0 Å². The Kier molecular flexibility index (Phi) is 4.49. The second-order valence-corrected chi connectivity index (χ2v) is 4.81. The summed E-state index contributed by atoms with van der Waals surface area (Å²) in [6.45, 7) is 4.41. The molecule has 21 heavy (non-hydrogen) atoms. The van der Waals surface area contributed by atoms with E-state index in [2.05, 4.69) is 5.32 Å². The number of carbonyl (C=O) groups excluding carboxylic acids is 1. The van der Waals surface area contributed by atoms with Crippen LogP contribution in [0.25, 0.3) is 6.08 Å². The van der Waals surface area contributed by atoms with Gasteiger partial charge >= 0.3 is 0 Å². The van der Waals surface area contributed by atoms with E-state index in [0.29, 0.717) is 17.9 Å². The number of fused-ring (bicyclic) bond motifs is 1. The zero-order valence-electron chi connectivity index (χ0n) is 12.4. The van der Waals surface area contributed by atoms with Crippen molar-refractivity contribution in [1.29, 1.82) is 5.26 Å². The summed E-state index contributed by atoms with van der Waals surface area (Å²) in [5.74, 6) is 1.02. The minimum atomic E-state index is -0.422. The molecule has 2 rings (SSSR count). The van der Waals surface area contributed by atoms with Crippen molar-refractivity contribution in [3.05, 3.63) is 28.8 Å². The molecule has 1 N–H and O–H groups in total. The molecule has 0 radical (unpaired) electrons. The molecule has 110 valence electrons. The van der Waals surface area contributed by atoms with Crippen LogP contribution in [-0.4, -0.2) is 25.7 Å². The fraction of sp³-hybridized carbons (Fsp3) is 0.375. The van der Waals surface area contributed by atoms with Crippen molar-refractivity contribution >= 4 is 12.0 Å². The third-order valence-corrected chi connectivity index (χ3v) is 3.22. The van der Waals surface area contributed by atoms with Gasteiger partial charge in [-0.25, -0.2) is 0 Å². The van der Waals surface area contributed by atoms with Crippen LogP contribution in [0.4, 0.5) is 0 Å². The Hall–Kier alpha value is -2.48. The van der Waals surface area contributed by atoms with Crippen molar-refractivity contribution in [2.24, 2.45) is 0 Å². The Bertz CT molecular complexity index is 629. The molecule has 0 bridgehead atoms. The average Bonchev–Trinajstić information content (AvgIpc) is 2.83. The van der Waals surface area contributed by atoms with E-state index in [1.807, 2.05) is 32.0 Å². The summed E-state index contributed by atoms with van der Waals surface area (Å²) in [6.07, 6.45) is 2.49. The van der Waals surface area contributed by atoms with Crippen molar-refractivity contribution in [2.75, 3.05) is 13.7 Å².